The molecule has 0 aliphatic carbocycles. The average Bonchev–Trinajstić information content (AvgIpc) is 3.08. The van der Waals surface area contributed by atoms with Crippen molar-refractivity contribution in [3.8, 4) is 0 Å². The molecule has 0 aromatic carbocycles. The fourth-order valence-corrected chi connectivity index (χ4v) is 3.66. The van der Waals surface area contributed by atoms with Crippen LogP contribution in [0, 0.1) is 19.8 Å². The Bertz CT molecular complexity index is 788. The number of nitrogens with one attached hydrogen (secondary N) is 1. The van der Waals surface area contributed by atoms with Gasteiger partial charge in [0.05, 0.1) is 12.7 Å². The summed E-state index contributed by atoms with van der Waals surface area (Å²) in [5.41, 5.74) is 2.95. The standard InChI is InChI=1S/C19H30N6O2/c1-13(2)10-24-7-8-27-16(11-24)9-20-18(26)6-5-17-14(3)23-19-21-12-22-25(19)15(17)4/h12-13,16H,5-11H2,1-4H3,(H,20,26). The van der Waals surface area contributed by atoms with Gasteiger partial charge in [0.1, 0.15) is 6.33 Å². The van der Waals surface area contributed by atoms with Crippen molar-refractivity contribution in [3.05, 3.63) is 23.3 Å². The third-order valence-corrected chi connectivity index (χ3v) is 4.96. The topological polar surface area (TPSA) is 84.6 Å². The van der Waals surface area contributed by atoms with E-state index in [1.54, 1.807) is 4.52 Å². The first-order valence-corrected chi connectivity index (χ1v) is 9.70. The van der Waals surface area contributed by atoms with Crippen LogP contribution in [0.1, 0.15) is 37.2 Å². The number of hydrogen-bond acceptors (Lipinski definition) is 6. The van der Waals surface area contributed by atoms with Crippen LogP contribution in [0.2, 0.25) is 0 Å². The predicted octanol–water partition coefficient (Wildman–Crippen LogP) is 1.15. The van der Waals surface area contributed by atoms with Crippen molar-refractivity contribution in [1.29, 1.82) is 0 Å². The number of aromatic nitrogens is 4. The normalized spacial score (nSPS) is 18.3. The van der Waals surface area contributed by atoms with Crippen molar-refractivity contribution in [2.24, 2.45) is 5.92 Å². The molecule has 3 rings (SSSR count). The molecule has 1 aliphatic heterocycles. The summed E-state index contributed by atoms with van der Waals surface area (Å²) in [5, 5.41) is 7.22. The van der Waals surface area contributed by atoms with E-state index in [0.717, 1.165) is 43.2 Å². The molecule has 2 aromatic heterocycles. The number of nitrogens with zero attached hydrogens (tertiary/aromatic N) is 5. The number of morpholine rings is 1. The van der Waals surface area contributed by atoms with Crippen molar-refractivity contribution in [2.75, 3.05) is 32.8 Å². The van der Waals surface area contributed by atoms with Crippen LogP contribution in [-0.4, -0.2) is 69.3 Å². The first-order chi connectivity index (χ1) is 12.9. The lowest BCUT2D eigenvalue weighted by molar-refractivity contribution is -0.122. The Balaban J connectivity index is 1.49. The molecule has 148 valence electrons. The van der Waals surface area contributed by atoms with Gasteiger partial charge in [0.2, 0.25) is 5.91 Å². The fourth-order valence-electron chi connectivity index (χ4n) is 3.66. The Morgan fingerprint density at radius 1 is 1.41 bits per heavy atom. The van der Waals surface area contributed by atoms with Crippen molar-refractivity contribution in [1.82, 2.24) is 29.8 Å². The first-order valence-electron chi connectivity index (χ1n) is 9.70. The second-order valence-corrected chi connectivity index (χ2v) is 7.68. The minimum absolute atomic E-state index is 0.0390. The summed E-state index contributed by atoms with van der Waals surface area (Å²) in [6, 6.07) is 0. The molecule has 1 unspecified atom stereocenters. The monoisotopic (exact) mass is 374 g/mol. The minimum Gasteiger partial charge on any atom is -0.374 e. The third-order valence-electron chi connectivity index (χ3n) is 4.96. The van der Waals surface area contributed by atoms with E-state index in [1.807, 2.05) is 13.8 Å². The molecule has 1 aliphatic rings. The quantitative estimate of drug-likeness (QED) is 0.783. The summed E-state index contributed by atoms with van der Waals surface area (Å²) in [5.74, 6) is 1.27. The first kappa shape index (κ1) is 19.7. The van der Waals surface area contributed by atoms with Gasteiger partial charge in [-0.3, -0.25) is 9.69 Å². The zero-order valence-corrected chi connectivity index (χ0v) is 16.7. The second kappa shape index (κ2) is 8.75. The smallest absolute Gasteiger partial charge is 0.252 e. The van der Waals surface area contributed by atoms with Gasteiger partial charge in [0, 0.05) is 44.0 Å². The van der Waals surface area contributed by atoms with Gasteiger partial charge in [-0.25, -0.2) is 9.50 Å². The van der Waals surface area contributed by atoms with Crippen LogP contribution in [0.25, 0.3) is 5.78 Å². The lowest BCUT2D eigenvalue weighted by Crippen LogP contribution is -2.48. The van der Waals surface area contributed by atoms with Crippen LogP contribution in [0.3, 0.4) is 0 Å². The lowest BCUT2D eigenvalue weighted by atomic mass is 10.1. The molecule has 0 radical (unpaired) electrons. The Morgan fingerprint density at radius 2 is 2.22 bits per heavy atom. The number of ether oxygens (including phenoxy) is 1. The van der Waals surface area contributed by atoms with Gasteiger partial charge < -0.3 is 10.1 Å². The fraction of sp³-hybridized carbons (Fsp3) is 0.684. The number of hydrogen-bond donors (Lipinski definition) is 1. The van der Waals surface area contributed by atoms with Crippen LogP contribution < -0.4 is 5.32 Å². The zero-order valence-electron chi connectivity index (χ0n) is 16.7. The van der Waals surface area contributed by atoms with Gasteiger partial charge in [-0.1, -0.05) is 13.8 Å². The van der Waals surface area contributed by atoms with E-state index in [9.17, 15) is 4.79 Å². The molecule has 0 saturated carbocycles. The van der Waals surface area contributed by atoms with E-state index in [1.165, 1.54) is 6.33 Å². The summed E-state index contributed by atoms with van der Waals surface area (Å²) in [6.45, 7) is 12.6. The Labute approximate surface area is 160 Å². The van der Waals surface area contributed by atoms with Crippen molar-refractivity contribution >= 4 is 11.7 Å². The van der Waals surface area contributed by atoms with Crippen molar-refractivity contribution < 1.29 is 9.53 Å². The highest BCUT2D eigenvalue weighted by molar-refractivity contribution is 5.76. The molecule has 1 fully saturated rings. The number of rotatable bonds is 7. The summed E-state index contributed by atoms with van der Waals surface area (Å²) < 4.78 is 7.52. The number of fused-ring (bicyclic) bond motifs is 1. The van der Waals surface area contributed by atoms with E-state index >= 15 is 0 Å². The molecule has 8 nitrogen and oxygen atoms in total. The van der Waals surface area contributed by atoms with E-state index in [4.69, 9.17) is 4.74 Å². The van der Waals surface area contributed by atoms with Crippen molar-refractivity contribution in [3.63, 3.8) is 0 Å². The van der Waals surface area contributed by atoms with E-state index in [2.05, 4.69) is 39.1 Å². The molecule has 8 heteroatoms. The lowest BCUT2D eigenvalue weighted by Gasteiger charge is -2.33. The third kappa shape index (κ3) is 5.01. The molecule has 3 heterocycles. The summed E-state index contributed by atoms with van der Waals surface area (Å²) in [6.07, 6.45) is 2.62. The van der Waals surface area contributed by atoms with Gasteiger partial charge in [-0.2, -0.15) is 10.1 Å². The van der Waals surface area contributed by atoms with Crippen LogP contribution in [0.4, 0.5) is 0 Å². The second-order valence-electron chi connectivity index (χ2n) is 7.68. The number of amides is 1. The van der Waals surface area contributed by atoms with Crippen LogP contribution in [0.5, 0.6) is 0 Å². The molecule has 1 amide bonds. The molecular weight excluding hydrogens is 344 g/mol. The van der Waals surface area contributed by atoms with Gasteiger partial charge in [0.25, 0.3) is 5.78 Å². The predicted molar refractivity (Wildman–Crippen MR) is 103 cm³/mol. The highest BCUT2D eigenvalue weighted by atomic mass is 16.5. The minimum atomic E-state index is 0.0390. The molecule has 27 heavy (non-hydrogen) atoms. The maximum Gasteiger partial charge on any atom is 0.252 e. The molecule has 2 aromatic rings. The Kier molecular flexibility index (Phi) is 6.38. The molecule has 1 saturated heterocycles. The Morgan fingerprint density at radius 3 is 3.00 bits per heavy atom. The Hall–Kier alpha value is -2.06. The molecule has 0 spiro atoms. The maximum absolute atomic E-state index is 12.3. The molecular formula is C19H30N6O2. The largest absolute Gasteiger partial charge is 0.374 e. The van der Waals surface area contributed by atoms with E-state index in [-0.39, 0.29) is 12.0 Å². The van der Waals surface area contributed by atoms with Crippen LogP contribution >= 0.6 is 0 Å². The zero-order chi connectivity index (χ0) is 19.4. The SMILES string of the molecule is Cc1nc2ncnn2c(C)c1CCC(=O)NCC1CN(CC(C)C)CCO1. The van der Waals surface area contributed by atoms with Gasteiger partial charge in [0.15, 0.2) is 0 Å². The summed E-state index contributed by atoms with van der Waals surface area (Å²) in [7, 11) is 0. The van der Waals surface area contributed by atoms with E-state index < -0.39 is 0 Å². The van der Waals surface area contributed by atoms with Gasteiger partial charge in [-0.15, -0.1) is 0 Å². The van der Waals surface area contributed by atoms with Gasteiger partial charge in [-0.05, 0) is 31.7 Å². The molecule has 0 bridgehead atoms. The molecule has 1 N–H and O–H groups in total. The molecule has 1 atom stereocenters. The van der Waals surface area contributed by atoms with Gasteiger partial charge >= 0.3 is 0 Å². The number of carbonyl (C=O) groups is 1. The highest BCUT2D eigenvalue weighted by Crippen LogP contribution is 2.15. The van der Waals surface area contributed by atoms with E-state index in [0.29, 0.717) is 31.1 Å². The number of carbonyl (C=O) groups excluding carboxylic acids is 1. The van der Waals surface area contributed by atoms with Crippen LogP contribution in [0.15, 0.2) is 6.33 Å². The maximum atomic E-state index is 12.3. The van der Waals surface area contributed by atoms with Crippen molar-refractivity contribution in [2.45, 2.75) is 46.6 Å². The summed E-state index contributed by atoms with van der Waals surface area (Å²) >= 11 is 0. The number of aryl methyl sites for hydroxylation is 2. The summed E-state index contributed by atoms with van der Waals surface area (Å²) in [4.78, 5) is 23.3. The average molecular weight is 374 g/mol. The van der Waals surface area contributed by atoms with Crippen LogP contribution in [-0.2, 0) is 16.0 Å². The highest BCUT2D eigenvalue weighted by Gasteiger charge is 2.21.